The highest BCUT2D eigenvalue weighted by molar-refractivity contribution is 9.10. The van der Waals surface area contributed by atoms with E-state index in [0.717, 1.165) is 6.42 Å². The Balaban J connectivity index is 2.94. The molecule has 1 aromatic carbocycles. The van der Waals surface area contributed by atoms with Crippen molar-refractivity contribution in [3.05, 3.63) is 27.4 Å². The van der Waals surface area contributed by atoms with Gasteiger partial charge in [0.2, 0.25) is 5.96 Å². The number of hydrogen-bond acceptors (Lipinski definition) is 2. The Morgan fingerprint density at radius 3 is 2.82 bits per heavy atom. The molecular weight excluding hydrogens is 310 g/mol. The van der Waals surface area contributed by atoms with Crippen LogP contribution >= 0.6 is 27.5 Å². The number of benzene rings is 1. The third-order valence-corrected chi connectivity index (χ3v) is 2.80. The molecule has 0 fully saturated rings. The van der Waals surface area contributed by atoms with Gasteiger partial charge in [0.05, 0.1) is 10.7 Å². The molecular formula is C10H13BrClFN4. The van der Waals surface area contributed by atoms with E-state index in [2.05, 4.69) is 31.7 Å². The second-order valence-electron chi connectivity index (χ2n) is 3.24. The molecule has 0 spiro atoms. The number of nitrogens with one attached hydrogen (secondary N) is 2. The Kier molecular flexibility index (Phi) is 5.67. The van der Waals surface area contributed by atoms with Gasteiger partial charge < -0.3 is 5.32 Å². The third kappa shape index (κ3) is 4.14. The van der Waals surface area contributed by atoms with E-state index in [-0.39, 0.29) is 5.02 Å². The molecule has 0 aliphatic rings. The van der Waals surface area contributed by atoms with Crippen molar-refractivity contribution < 1.29 is 4.39 Å². The Labute approximate surface area is 113 Å². The molecule has 17 heavy (non-hydrogen) atoms. The highest BCUT2D eigenvalue weighted by atomic mass is 79.9. The van der Waals surface area contributed by atoms with Crippen molar-refractivity contribution >= 4 is 39.2 Å². The minimum absolute atomic E-state index is 0.247. The zero-order valence-electron chi connectivity index (χ0n) is 9.23. The van der Waals surface area contributed by atoms with Crippen LogP contribution in [0, 0.1) is 5.82 Å². The van der Waals surface area contributed by atoms with Crippen LogP contribution in [-0.2, 0) is 0 Å². The minimum atomic E-state index is -0.417. The van der Waals surface area contributed by atoms with E-state index in [1.165, 1.54) is 12.1 Å². The van der Waals surface area contributed by atoms with Gasteiger partial charge in [-0.15, -0.1) is 0 Å². The summed E-state index contributed by atoms with van der Waals surface area (Å²) in [5, 5.41) is 3.14. The highest BCUT2D eigenvalue weighted by Crippen LogP contribution is 2.31. The van der Waals surface area contributed by atoms with Crippen molar-refractivity contribution in [1.82, 2.24) is 5.43 Å². The predicted molar refractivity (Wildman–Crippen MR) is 72.6 cm³/mol. The van der Waals surface area contributed by atoms with Gasteiger partial charge in [-0.3, -0.25) is 10.4 Å². The van der Waals surface area contributed by atoms with Crippen molar-refractivity contribution in [3.8, 4) is 0 Å². The SMILES string of the molecule is CCCN=C(NN)Nc1c(Cl)cc(F)cc1Br. The van der Waals surface area contributed by atoms with Crippen molar-refractivity contribution in [2.75, 3.05) is 11.9 Å². The first-order chi connectivity index (χ1) is 8.08. The highest BCUT2D eigenvalue weighted by Gasteiger charge is 2.09. The summed E-state index contributed by atoms with van der Waals surface area (Å²) in [4.78, 5) is 4.16. The second-order valence-corrected chi connectivity index (χ2v) is 4.51. The van der Waals surface area contributed by atoms with Crippen LogP contribution < -0.4 is 16.6 Å². The van der Waals surface area contributed by atoms with Gasteiger partial charge in [0.25, 0.3) is 0 Å². The van der Waals surface area contributed by atoms with Gasteiger partial charge in [-0.2, -0.15) is 0 Å². The summed E-state index contributed by atoms with van der Waals surface area (Å²) >= 11 is 9.13. The maximum Gasteiger partial charge on any atom is 0.210 e. The van der Waals surface area contributed by atoms with Crippen LogP contribution in [0.25, 0.3) is 0 Å². The number of halogens is 3. The number of aliphatic imine (C=N–C) groups is 1. The third-order valence-electron chi connectivity index (χ3n) is 1.88. The normalized spacial score (nSPS) is 11.5. The topological polar surface area (TPSA) is 62.4 Å². The molecule has 1 aromatic rings. The quantitative estimate of drug-likeness (QED) is 0.347. The van der Waals surface area contributed by atoms with Crippen LogP contribution in [0.2, 0.25) is 5.02 Å². The lowest BCUT2D eigenvalue weighted by Crippen LogP contribution is -2.36. The zero-order valence-corrected chi connectivity index (χ0v) is 11.6. The average molecular weight is 324 g/mol. The van der Waals surface area contributed by atoms with Gasteiger partial charge in [0, 0.05) is 11.0 Å². The largest absolute Gasteiger partial charge is 0.323 e. The minimum Gasteiger partial charge on any atom is -0.323 e. The van der Waals surface area contributed by atoms with Gasteiger partial charge >= 0.3 is 0 Å². The van der Waals surface area contributed by atoms with E-state index < -0.39 is 5.82 Å². The van der Waals surface area contributed by atoms with Gasteiger partial charge in [-0.25, -0.2) is 10.2 Å². The molecule has 0 aromatic heterocycles. The number of nitrogens with two attached hydrogens (primary N) is 1. The summed E-state index contributed by atoms with van der Waals surface area (Å²) in [6.07, 6.45) is 0.894. The van der Waals surface area contributed by atoms with Gasteiger partial charge in [-0.1, -0.05) is 18.5 Å². The molecule has 0 amide bonds. The van der Waals surface area contributed by atoms with E-state index >= 15 is 0 Å². The number of hydrogen-bond donors (Lipinski definition) is 3. The number of hydrazine groups is 1. The maximum atomic E-state index is 13.0. The van der Waals surface area contributed by atoms with Crippen molar-refractivity contribution in [2.45, 2.75) is 13.3 Å². The van der Waals surface area contributed by atoms with Gasteiger partial charge in [-0.05, 0) is 34.5 Å². The van der Waals surface area contributed by atoms with Crippen LogP contribution in [-0.4, -0.2) is 12.5 Å². The number of guanidine groups is 1. The summed E-state index contributed by atoms with van der Waals surface area (Å²) in [5.74, 6) is 5.28. The molecule has 94 valence electrons. The standard InChI is InChI=1S/C10H13BrClFN4/c1-2-3-15-10(17-14)16-9-7(11)4-6(13)5-8(9)12/h4-5H,2-3,14H2,1H3,(H2,15,16,17). The summed E-state index contributed by atoms with van der Waals surface area (Å²) in [6.45, 7) is 2.63. The molecule has 0 bridgehead atoms. The van der Waals surface area contributed by atoms with Crippen molar-refractivity contribution in [2.24, 2.45) is 10.8 Å². The first kappa shape index (κ1) is 14.2. The average Bonchev–Trinajstić information content (AvgIpc) is 2.27. The van der Waals surface area contributed by atoms with Crippen molar-refractivity contribution in [3.63, 3.8) is 0 Å². The predicted octanol–water partition coefficient (Wildman–Crippen LogP) is 2.88. The van der Waals surface area contributed by atoms with Crippen LogP contribution in [0.4, 0.5) is 10.1 Å². The molecule has 0 unspecified atom stereocenters. The molecule has 7 heteroatoms. The Morgan fingerprint density at radius 1 is 1.59 bits per heavy atom. The van der Waals surface area contributed by atoms with Crippen LogP contribution in [0.5, 0.6) is 0 Å². The lowest BCUT2D eigenvalue weighted by molar-refractivity contribution is 0.627. The molecule has 0 saturated carbocycles. The Morgan fingerprint density at radius 2 is 2.29 bits per heavy atom. The molecule has 1 rings (SSSR count). The molecule has 0 aliphatic heterocycles. The lowest BCUT2D eigenvalue weighted by atomic mass is 10.3. The van der Waals surface area contributed by atoms with E-state index in [1.807, 2.05) is 6.92 Å². The first-order valence-corrected chi connectivity index (χ1v) is 6.18. The number of anilines is 1. The fraction of sp³-hybridized carbons (Fsp3) is 0.300. The molecule has 4 nitrogen and oxygen atoms in total. The van der Waals surface area contributed by atoms with Crippen LogP contribution in [0.3, 0.4) is 0 Å². The molecule has 4 N–H and O–H groups in total. The van der Waals surface area contributed by atoms with Crippen molar-refractivity contribution in [1.29, 1.82) is 0 Å². The fourth-order valence-corrected chi connectivity index (χ4v) is 2.02. The van der Waals surface area contributed by atoms with E-state index in [0.29, 0.717) is 22.7 Å². The summed E-state index contributed by atoms with van der Waals surface area (Å²) in [7, 11) is 0. The molecule has 0 radical (unpaired) electrons. The van der Waals surface area contributed by atoms with Crippen LogP contribution in [0.1, 0.15) is 13.3 Å². The molecule has 0 atom stereocenters. The summed E-state index contributed by atoms with van der Waals surface area (Å²) in [6, 6.07) is 2.52. The fourth-order valence-electron chi connectivity index (χ4n) is 1.12. The van der Waals surface area contributed by atoms with Crippen LogP contribution in [0.15, 0.2) is 21.6 Å². The Bertz CT molecular complexity index is 402. The lowest BCUT2D eigenvalue weighted by Gasteiger charge is -2.12. The maximum absolute atomic E-state index is 13.0. The van der Waals surface area contributed by atoms with E-state index in [4.69, 9.17) is 17.4 Å². The summed E-state index contributed by atoms with van der Waals surface area (Å²) < 4.78 is 13.5. The zero-order chi connectivity index (χ0) is 12.8. The summed E-state index contributed by atoms with van der Waals surface area (Å²) in [5.41, 5.74) is 2.93. The Hall–Kier alpha value is -0.850. The van der Waals surface area contributed by atoms with Gasteiger partial charge in [0.15, 0.2) is 0 Å². The second kappa shape index (κ2) is 6.78. The van der Waals surface area contributed by atoms with E-state index in [9.17, 15) is 4.39 Å². The van der Waals surface area contributed by atoms with Gasteiger partial charge in [0.1, 0.15) is 5.82 Å². The molecule has 0 aliphatic carbocycles. The molecule has 0 saturated heterocycles. The number of rotatable bonds is 3. The molecule has 0 heterocycles. The monoisotopic (exact) mass is 322 g/mol. The van der Waals surface area contributed by atoms with E-state index in [1.54, 1.807) is 0 Å². The smallest absolute Gasteiger partial charge is 0.210 e. The number of nitrogens with zero attached hydrogens (tertiary/aromatic N) is 1. The first-order valence-electron chi connectivity index (χ1n) is 5.01.